The van der Waals surface area contributed by atoms with Crippen LogP contribution in [0.5, 0.6) is 5.75 Å². The Labute approximate surface area is 177 Å². The third kappa shape index (κ3) is 3.69. The van der Waals surface area contributed by atoms with E-state index < -0.39 is 40.7 Å². The van der Waals surface area contributed by atoms with E-state index in [1.165, 1.54) is 33.8 Å². The third-order valence-corrected chi connectivity index (χ3v) is 5.57. The van der Waals surface area contributed by atoms with E-state index in [0.717, 1.165) is 6.20 Å². The fourth-order valence-electron chi connectivity index (χ4n) is 4.14. The Bertz CT molecular complexity index is 1160. The number of carbonyl (C=O) groups excluding carboxylic acids is 1. The molecule has 1 N–H and O–H groups in total. The third-order valence-electron chi connectivity index (χ3n) is 5.57. The first kappa shape index (κ1) is 20.7. The van der Waals surface area contributed by atoms with Crippen molar-refractivity contribution in [2.24, 2.45) is 0 Å². The molecule has 1 aliphatic rings. The number of aromatic nitrogens is 2. The van der Waals surface area contributed by atoms with Crippen LogP contribution in [0.25, 0.3) is 0 Å². The maximum atomic E-state index is 14.1. The van der Waals surface area contributed by atoms with Crippen molar-refractivity contribution >= 4 is 5.91 Å². The fourth-order valence-corrected chi connectivity index (χ4v) is 4.14. The lowest BCUT2D eigenvalue weighted by Gasteiger charge is -2.40. The molecule has 0 saturated heterocycles. The second-order valence-corrected chi connectivity index (χ2v) is 7.86. The molecular weight excluding hydrogens is 404 g/mol. The summed E-state index contributed by atoms with van der Waals surface area (Å²) in [6, 6.07) is 11.0. The van der Waals surface area contributed by atoms with Gasteiger partial charge in [-0.3, -0.25) is 14.3 Å². The van der Waals surface area contributed by atoms with E-state index in [1.807, 2.05) is 13.8 Å². The van der Waals surface area contributed by atoms with E-state index in [2.05, 4.69) is 5.10 Å². The van der Waals surface area contributed by atoms with E-state index >= 15 is 0 Å². The molecule has 2 aromatic carbocycles. The number of nitrogens with zero attached hydrogens (tertiary/aromatic N) is 3. The molecule has 3 aromatic rings. The van der Waals surface area contributed by atoms with Crippen molar-refractivity contribution < 1.29 is 18.7 Å². The number of fused-ring (bicyclic) bond motifs is 1. The molecule has 160 valence electrons. The Kier molecular flexibility index (Phi) is 5.31. The number of aromatic hydroxyl groups is 1. The molecule has 1 atom stereocenters. The van der Waals surface area contributed by atoms with Gasteiger partial charge in [0.05, 0.1) is 12.2 Å². The van der Waals surface area contributed by atoms with Crippen LogP contribution in [0, 0.1) is 11.6 Å². The predicted octanol–water partition coefficient (Wildman–Crippen LogP) is 3.46. The highest BCUT2D eigenvalue weighted by Gasteiger charge is 2.40. The maximum absolute atomic E-state index is 14.1. The van der Waals surface area contributed by atoms with Gasteiger partial charge in [0, 0.05) is 18.5 Å². The summed E-state index contributed by atoms with van der Waals surface area (Å²) in [4.78, 5) is 26.6. The topological polar surface area (TPSA) is 75.4 Å². The first-order valence-electron chi connectivity index (χ1n) is 9.90. The molecule has 0 spiro atoms. The van der Waals surface area contributed by atoms with E-state index in [-0.39, 0.29) is 18.3 Å². The molecule has 0 fully saturated rings. The van der Waals surface area contributed by atoms with Crippen LogP contribution in [0.15, 0.2) is 59.5 Å². The molecule has 0 radical (unpaired) electrons. The van der Waals surface area contributed by atoms with Crippen LogP contribution < -0.4 is 5.43 Å². The average molecular weight is 425 g/mol. The summed E-state index contributed by atoms with van der Waals surface area (Å²) in [6.07, 6.45) is 0.943. The van der Waals surface area contributed by atoms with Crippen LogP contribution in [0.2, 0.25) is 0 Å². The minimum absolute atomic E-state index is 0.177. The van der Waals surface area contributed by atoms with Gasteiger partial charge < -0.3 is 10.0 Å². The summed E-state index contributed by atoms with van der Waals surface area (Å²) in [5.41, 5.74) is 0.117. The van der Waals surface area contributed by atoms with Crippen molar-refractivity contribution in [1.82, 2.24) is 14.7 Å². The van der Waals surface area contributed by atoms with Crippen molar-refractivity contribution in [2.45, 2.75) is 31.8 Å². The summed E-state index contributed by atoms with van der Waals surface area (Å²) in [7, 11) is 0. The van der Waals surface area contributed by atoms with Crippen molar-refractivity contribution in [2.75, 3.05) is 6.54 Å². The molecule has 1 amide bonds. The first-order chi connectivity index (χ1) is 14.8. The zero-order valence-electron chi connectivity index (χ0n) is 17.0. The summed E-state index contributed by atoms with van der Waals surface area (Å²) in [5.74, 6) is -2.72. The lowest BCUT2D eigenvalue weighted by atomic mass is 9.83. The highest BCUT2D eigenvalue weighted by Crippen LogP contribution is 2.40. The van der Waals surface area contributed by atoms with Gasteiger partial charge in [-0.05, 0) is 49.2 Å². The number of carbonyl (C=O) groups is 1. The molecule has 0 aliphatic carbocycles. The Morgan fingerprint density at radius 3 is 2.13 bits per heavy atom. The smallest absolute Gasteiger partial charge is 0.276 e. The highest BCUT2D eigenvalue weighted by molar-refractivity contribution is 5.96. The van der Waals surface area contributed by atoms with Crippen LogP contribution in [0.3, 0.4) is 0 Å². The molecule has 1 aliphatic heterocycles. The molecule has 0 bridgehead atoms. The SMILES string of the molecule is CC(C)N1C[C@@H](C(c2cccc(F)c2)c2cccc(F)c2)n2ncc(=O)c(O)c2C1=O. The number of benzene rings is 2. The highest BCUT2D eigenvalue weighted by atomic mass is 19.1. The average Bonchev–Trinajstić information content (AvgIpc) is 2.72. The summed E-state index contributed by atoms with van der Waals surface area (Å²) in [5, 5.41) is 14.5. The zero-order chi connectivity index (χ0) is 22.3. The van der Waals surface area contributed by atoms with Gasteiger partial charge in [0.15, 0.2) is 11.4 Å². The molecule has 6 nitrogen and oxygen atoms in total. The molecule has 8 heteroatoms. The minimum atomic E-state index is -0.767. The Hall–Kier alpha value is -3.55. The number of hydrogen-bond donors (Lipinski definition) is 1. The number of halogens is 2. The van der Waals surface area contributed by atoms with Crippen LogP contribution >= 0.6 is 0 Å². The molecule has 1 aromatic heterocycles. The molecule has 4 rings (SSSR count). The predicted molar refractivity (Wildman–Crippen MR) is 110 cm³/mol. The van der Waals surface area contributed by atoms with Crippen molar-refractivity contribution in [3.63, 3.8) is 0 Å². The second-order valence-electron chi connectivity index (χ2n) is 7.86. The zero-order valence-corrected chi connectivity index (χ0v) is 17.0. The van der Waals surface area contributed by atoms with E-state index in [4.69, 9.17) is 0 Å². The summed E-state index contributed by atoms with van der Waals surface area (Å²) >= 11 is 0. The Morgan fingerprint density at radius 1 is 1.03 bits per heavy atom. The number of hydrogen-bond acceptors (Lipinski definition) is 4. The van der Waals surface area contributed by atoms with Gasteiger partial charge in [0.2, 0.25) is 5.43 Å². The van der Waals surface area contributed by atoms with Crippen LogP contribution in [-0.4, -0.2) is 38.3 Å². The van der Waals surface area contributed by atoms with Crippen molar-refractivity contribution in [3.8, 4) is 5.75 Å². The lowest BCUT2D eigenvalue weighted by Crippen LogP contribution is -2.49. The lowest BCUT2D eigenvalue weighted by molar-refractivity contribution is 0.0570. The van der Waals surface area contributed by atoms with Gasteiger partial charge in [0.1, 0.15) is 11.6 Å². The van der Waals surface area contributed by atoms with Crippen LogP contribution in [0.1, 0.15) is 47.4 Å². The van der Waals surface area contributed by atoms with Gasteiger partial charge >= 0.3 is 0 Å². The van der Waals surface area contributed by atoms with Gasteiger partial charge in [-0.1, -0.05) is 24.3 Å². The molecule has 0 unspecified atom stereocenters. The van der Waals surface area contributed by atoms with E-state index in [1.54, 1.807) is 24.3 Å². The van der Waals surface area contributed by atoms with Crippen LogP contribution in [0.4, 0.5) is 8.78 Å². The number of rotatable bonds is 4. The second kappa shape index (κ2) is 7.94. The van der Waals surface area contributed by atoms with Crippen molar-refractivity contribution in [1.29, 1.82) is 0 Å². The maximum Gasteiger partial charge on any atom is 0.276 e. The molecular formula is C23H21F2N3O3. The largest absolute Gasteiger partial charge is 0.502 e. The van der Waals surface area contributed by atoms with E-state index in [0.29, 0.717) is 11.1 Å². The summed E-state index contributed by atoms with van der Waals surface area (Å²) < 4.78 is 29.6. The Balaban J connectivity index is 1.98. The number of amides is 1. The molecule has 31 heavy (non-hydrogen) atoms. The monoisotopic (exact) mass is 425 g/mol. The molecule has 0 saturated carbocycles. The van der Waals surface area contributed by atoms with Gasteiger partial charge in [-0.25, -0.2) is 8.78 Å². The van der Waals surface area contributed by atoms with Gasteiger partial charge in [-0.2, -0.15) is 5.10 Å². The van der Waals surface area contributed by atoms with Crippen molar-refractivity contribution in [3.05, 3.63) is 93.4 Å². The quantitative estimate of drug-likeness (QED) is 0.695. The molecule has 2 heterocycles. The first-order valence-corrected chi connectivity index (χ1v) is 9.90. The minimum Gasteiger partial charge on any atom is -0.502 e. The van der Waals surface area contributed by atoms with Gasteiger partial charge in [0.25, 0.3) is 5.91 Å². The normalized spacial score (nSPS) is 16.1. The van der Waals surface area contributed by atoms with Crippen LogP contribution in [-0.2, 0) is 0 Å². The standard InChI is InChI=1S/C23H21F2N3O3/c1-13(2)27-12-18(28-21(23(27)31)22(30)19(29)11-26-28)20(14-5-3-7-16(24)9-14)15-6-4-8-17(25)10-15/h3-11,13,18,20,30H,12H2,1-2H3/t18-/m0/s1. The van der Waals surface area contributed by atoms with E-state index in [9.17, 15) is 23.5 Å². The van der Waals surface area contributed by atoms with Gasteiger partial charge in [-0.15, -0.1) is 0 Å². The summed E-state index contributed by atoms with van der Waals surface area (Å²) in [6.45, 7) is 3.81. The fraction of sp³-hybridized carbons (Fsp3) is 0.261. The Morgan fingerprint density at radius 2 is 1.61 bits per heavy atom.